The van der Waals surface area contributed by atoms with Crippen molar-refractivity contribution in [1.82, 2.24) is 10.6 Å². The predicted octanol–water partition coefficient (Wildman–Crippen LogP) is -1.79. The van der Waals surface area contributed by atoms with E-state index in [2.05, 4.69) is 10.6 Å². The second kappa shape index (κ2) is 5.16. The molecule has 2 atom stereocenters. The van der Waals surface area contributed by atoms with E-state index in [1.807, 2.05) is 0 Å². The fourth-order valence-electron chi connectivity index (χ4n) is 1.27. The summed E-state index contributed by atoms with van der Waals surface area (Å²) >= 11 is 0. The van der Waals surface area contributed by atoms with Crippen LogP contribution in [0.4, 0.5) is 0 Å². The fraction of sp³-hybridized carbons (Fsp3) is 0.875. The lowest BCUT2D eigenvalue weighted by Gasteiger charge is -2.24. The second-order valence-electron chi connectivity index (χ2n) is 3.28. The van der Waals surface area contributed by atoms with Gasteiger partial charge in [-0.25, -0.2) is 0 Å². The van der Waals surface area contributed by atoms with Crippen molar-refractivity contribution in [2.24, 2.45) is 0 Å². The zero-order chi connectivity index (χ0) is 9.68. The van der Waals surface area contributed by atoms with E-state index >= 15 is 0 Å². The molecule has 76 valence electrons. The minimum Gasteiger partial charge on any atom is -0.394 e. The van der Waals surface area contributed by atoms with Gasteiger partial charge in [-0.2, -0.15) is 0 Å². The summed E-state index contributed by atoms with van der Waals surface area (Å²) in [5.41, 5.74) is 0. The standard InChI is InChI=1S/C8H16N2O3/c11-5-7(12)4-9-6-1-2-8(13)10-3-6/h6-7,9,11-12H,1-5H2,(H,10,13). The Morgan fingerprint density at radius 3 is 3.00 bits per heavy atom. The molecule has 1 rings (SSSR count). The summed E-state index contributed by atoms with van der Waals surface area (Å²) in [6, 6.07) is 0.221. The minimum atomic E-state index is -0.711. The normalized spacial score (nSPS) is 25.4. The number of carbonyl (C=O) groups excluding carboxylic acids is 1. The zero-order valence-corrected chi connectivity index (χ0v) is 7.49. The molecule has 2 unspecified atom stereocenters. The van der Waals surface area contributed by atoms with E-state index in [0.717, 1.165) is 6.42 Å². The highest BCUT2D eigenvalue weighted by Gasteiger charge is 2.17. The van der Waals surface area contributed by atoms with Crippen LogP contribution in [-0.2, 0) is 4.79 Å². The van der Waals surface area contributed by atoms with Crippen LogP contribution in [0.1, 0.15) is 12.8 Å². The number of carbonyl (C=O) groups is 1. The first-order chi connectivity index (χ1) is 6.22. The molecule has 1 aliphatic heterocycles. The van der Waals surface area contributed by atoms with Crippen molar-refractivity contribution in [1.29, 1.82) is 0 Å². The van der Waals surface area contributed by atoms with Gasteiger partial charge in [-0.05, 0) is 6.42 Å². The summed E-state index contributed by atoms with van der Waals surface area (Å²) in [6.07, 6.45) is 0.620. The number of nitrogens with one attached hydrogen (secondary N) is 2. The molecule has 0 aromatic heterocycles. The number of hydrogen-bond acceptors (Lipinski definition) is 4. The molecule has 0 aromatic rings. The summed E-state index contributed by atoms with van der Waals surface area (Å²) in [6.45, 7) is 0.750. The van der Waals surface area contributed by atoms with Crippen molar-refractivity contribution < 1.29 is 15.0 Å². The highest BCUT2D eigenvalue weighted by atomic mass is 16.3. The fourth-order valence-corrected chi connectivity index (χ4v) is 1.27. The molecule has 5 heteroatoms. The van der Waals surface area contributed by atoms with Gasteiger partial charge in [0, 0.05) is 25.6 Å². The molecule has 0 saturated carbocycles. The van der Waals surface area contributed by atoms with Gasteiger partial charge in [-0.1, -0.05) is 0 Å². The van der Waals surface area contributed by atoms with Crippen LogP contribution in [0.3, 0.4) is 0 Å². The van der Waals surface area contributed by atoms with Gasteiger partial charge in [0.25, 0.3) is 0 Å². The van der Waals surface area contributed by atoms with Crippen molar-refractivity contribution in [3.05, 3.63) is 0 Å². The highest BCUT2D eigenvalue weighted by molar-refractivity contribution is 5.76. The summed E-state index contributed by atoms with van der Waals surface area (Å²) in [7, 11) is 0. The average molecular weight is 188 g/mol. The Kier molecular flexibility index (Phi) is 4.14. The first-order valence-corrected chi connectivity index (χ1v) is 4.51. The summed E-state index contributed by atoms with van der Waals surface area (Å²) in [5.74, 6) is 0.0840. The molecule has 0 radical (unpaired) electrons. The average Bonchev–Trinajstić information content (AvgIpc) is 2.16. The monoisotopic (exact) mass is 188 g/mol. The van der Waals surface area contributed by atoms with Crippen molar-refractivity contribution in [3.8, 4) is 0 Å². The largest absolute Gasteiger partial charge is 0.394 e. The number of aliphatic hydroxyl groups is 2. The third-order valence-electron chi connectivity index (χ3n) is 2.12. The van der Waals surface area contributed by atoms with Gasteiger partial charge in [0.2, 0.25) is 5.91 Å². The highest BCUT2D eigenvalue weighted by Crippen LogP contribution is 2.02. The number of rotatable bonds is 4. The Hall–Kier alpha value is -0.650. The minimum absolute atomic E-state index is 0.0840. The van der Waals surface area contributed by atoms with Crippen LogP contribution >= 0.6 is 0 Å². The molecule has 1 amide bonds. The van der Waals surface area contributed by atoms with Crippen molar-refractivity contribution in [3.63, 3.8) is 0 Å². The van der Waals surface area contributed by atoms with Crippen molar-refractivity contribution in [2.75, 3.05) is 19.7 Å². The number of hydrogen-bond donors (Lipinski definition) is 4. The van der Waals surface area contributed by atoms with E-state index in [4.69, 9.17) is 10.2 Å². The van der Waals surface area contributed by atoms with Gasteiger partial charge in [-0.15, -0.1) is 0 Å². The molecule has 1 aliphatic rings. The third-order valence-corrected chi connectivity index (χ3v) is 2.12. The van der Waals surface area contributed by atoms with E-state index in [9.17, 15) is 4.79 Å². The van der Waals surface area contributed by atoms with E-state index < -0.39 is 6.10 Å². The summed E-state index contributed by atoms with van der Waals surface area (Å²) in [4.78, 5) is 10.8. The maximum Gasteiger partial charge on any atom is 0.220 e. The van der Waals surface area contributed by atoms with Gasteiger partial charge in [0.15, 0.2) is 0 Å². The van der Waals surface area contributed by atoms with Crippen LogP contribution < -0.4 is 10.6 Å². The second-order valence-corrected chi connectivity index (χ2v) is 3.28. The lowest BCUT2D eigenvalue weighted by atomic mass is 10.1. The quantitative estimate of drug-likeness (QED) is 0.420. The topological polar surface area (TPSA) is 81.6 Å². The predicted molar refractivity (Wildman–Crippen MR) is 47.1 cm³/mol. The van der Waals surface area contributed by atoms with Gasteiger partial charge in [0.05, 0.1) is 12.7 Å². The molecule has 0 spiro atoms. The summed E-state index contributed by atoms with van der Waals surface area (Å²) in [5, 5.41) is 23.4. The molecule has 1 saturated heterocycles. The van der Waals surface area contributed by atoms with Crippen LogP contribution in [0.15, 0.2) is 0 Å². The van der Waals surface area contributed by atoms with E-state index in [-0.39, 0.29) is 18.6 Å². The van der Waals surface area contributed by atoms with Crippen molar-refractivity contribution in [2.45, 2.75) is 25.0 Å². The smallest absolute Gasteiger partial charge is 0.220 e. The molecule has 0 aliphatic carbocycles. The zero-order valence-electron chi connectivity index (χ0n) is 7.49. The Morgan fingerprint density at radius 2 is 2.46 bits per heavy atom. The van der Waals surface area contributed by atoms with Gasteiger partial charge in [0.1, 0.15) is 0 Å². The van der Waals surface area contributed by atoms with Crippen LogP contribution in [0.5, 0.6) is 0 Å². The van der Waals surface area contributed by atoms with Gasteiger partial charge >= 0.3 is 0 Å². The molecule has 5 nitrogen and oxygen atoms in total. The third kappa shape index (κ3) is 3.71. The van der Waals surface area contributed by atoms with Crippen molar-refractivity contribution >= 4 is 5.91 Å². The maximum absolute atomic E-state index is 10.8. The first kappa shape index (κ1) is 10.4. The molecular formula is C8H16N2O3. The number of piperidine rings is 1. The Morgan fingerprint density at radius 1 is 1.69 bits per heavy atom. The Bertz CT molecular complexity index is 165. The molecular weight excluding hydrogens is 172 g/mol. The van der Waals surface area contributed by atoms with Crippen LogP contribution in [-0.4, -0.2) is 48.0 Å². The SMILES string of the molecule is O=C1CCC(NCC(O)CO)CN1. The number of aliphatic hydroxyl groups excluding tert-OH is 2. The van der Waals surface area contributed by atoms with E-state index in [1.165, 1.54) is 0 Å². The first-order valence-electron chi connectivity index (χ1n) is 4.51. The molecule has 1 fully saturated rings. The lowest BCUT2D eigenvalue weighted by Crippen LogP contribution is -2.48. The van der Waals surface area contributed by atoms with Crippen LogP contribution in [0.2, 0.25) is 0 Å². The molecule has 0 bridgehead atoms. The molecule has 0 aromatic carbocycles. The lowest BCUT2D eigenvalue weighted by molar-refractivity contribution is -0.122. The van der Waals surface area contributed by atoms with Gasteiger partial charge in [-0.3, -0.25) is 4.79 Å². The summed E-state index contributed by atoms with van der Waals surface area (Å²) < 4.78 is 0. The molecule has 13 heavy (non-hydrogen) atoms. The maximum atomic E-state index is 10.8. The number of amides is 1. The molecule has 1 heterocycles. The van der Waals surface area contributed by atoms with Crippen LogP contribution in [0.25, 0.3) is 0 Å². The van der Waals surface area contributed by atoms with E-state index in [0.29, 0.717) is 19.5 Å². The Balaban J connectivity index is 2.12. The van der Waals surface area contributed by atoms with E-state index in [1.54, 1.807) is 0 Å². The Labute approximate surface area is 77.1 Å². The molecule has 4 N–H and O–H groups in total. The van der Waals surface area contributed by atoms with Crippen LogP contribution in [0, 0.1) is 0 Å². The van der Waals surface area contributed by atoms with Gasteiger partial charge < -0.3 is 20.8 Å².